The number of nitrogens with zero attached hydrogens (tertiary/aromatic N) is 1. The summed E-state index contributed by atoms with van der Waals surface area (Å²) in [5.74, 6) is 0.937. The van der Waals surface area contributed by atoms with Crippen LogP contribution in [0.1, 0.15) is 66.1 Å². The van der Waals surface area contributed by atoms with E-state index in [9.17, 15) is 9.90 Å². The van der Waals surface area contributed by atoms with Gasteiger partial charge in [-0.3, -0.25) is 9.79 Å². The van der Waals surface area contributed by atoms with Crippen LogP contribution in [0.3, 0.4) is 0 Å². The van der Waals surface area contributed by atoms with Crippen LogP contribution >= 0.6 is 0 Å². The molecule has 180 valence electrons. The standard InChI is InChI=1S/C31H33NO3/c1-2-3-4-7-20-32-21-22-35-27-17-12-25(13-18-27)31(34)30-28-9-6-5-8-23(28)14-19-29(30)24-10-15-26(33)16-11-24/h5-6,8-13,15-18,21,33H,2-4,7,14,19-20,22H2,1H3. The number of allylic oxidation sites excluding steroid dienone is 2. The summed E-state index contributed by atoms with van der Waals surface area (Å²) in [5, 5.41) is 9.72. The summed E-state index contributed by atoms with van der Waals surface area (Å²) >= 11 is 0. The number of phenols is 1. The molecule has 1 aliphatic rings. The molecule has 1 N–H and O–H groups in total. The van der Waals surface area contributed by atoms with Gasteiger partial charge in [-0.25, -0.2) is 0 Å². The Kier molecular flexibility index (Phi) is 8.50. The number of unbranched alkanes of at least 4 members (excludes halogenated alkanes) is 3. The van der Waals surface area contributed by atoms with Crippen molar-refractivity contribution in [1.29, 1.82) is 0 Å². The van der Waals surface area contributed by atoms with E-state index < -0.39 is 0 Å². The van der Waals surface area contributed by atoms with Crippen molar-refractivity contribution in [1.82, 2.24) is 0 Å². The van der Waals surface area contributed by atoms with Crippen molar-refractivity contribution in [3.63, 3.8) is 0 Å². The largest absolute Gasteiger partial charge is 0.508 e. The number of aromatic hydroxyl groups is 1. The first-order valence-corrected chi connectivity index (χ1v) is 12.5. The number of fused-ring (bicyclic) bond motifs is 1. The van der Waals surface area contributed by atoms with Crippen LogP contribution in [0.15, 0.2) is 77.8 Å². The fourth-order valence-corrected chi connectivity index (χ4v) is 4.49. The molecule has 4 heteroatoms. The topological polar surface area (TPSA) is 58.9 Å². The summed E-state index contributed by atoms with van der Waals surface area (Å²) in [6.45, 7) is 3.47. The Bertz CT molecular complexity index is 1190. The second-order valence-electron chi connectivity index (χ2n) is 8.87. The van der Waals surface area contributed by atoms with Gasteiger partial charge in [-0.1, -0.05) is 62.6 Å². The van der Waals surface area contributed by atoms with Crippen molar-refractivity contribution in [3.8, 4) is 11.5 Å². The van der Waals surface area contributed by atoms with E-state index in [1.165, 1.54) is 24.8 Å². The van der Waals surface area contributed by atoms with E-state index >= 15 is 0 Å². The molecule has 0 heterocycles. The fourth-order valence-electron chi connectivity index (χ4n) is 4.49. The SMILES string of the molecule is CCCCCCN=CCOc1ccc(C(=O)C2=C(c3ccc(O)cc3)CCc3ccccc32)cc1. The lowest BCUT2D eigenvalue weighted by atomic mass is 9.79. The number of aliphatic imine (C=N–C) groups is 1. The average molecular weight is 468 g/mol. The number of aryl methyl sites for hydroxylation is 1. The number of benzene rings is 3. The predicted molar refractivity (Wildman–Crippen MR) is 143 cm³/mol. The van der Waals surface area contributed by atoms with E-state index in [0.29, 0.717) is 12.2 Å². The highest BCUT2D eigenvalue weighted by Crippen LogP contribution is 2.39. The first kappa shape index (κ1) is 24.5. The molecule has 0 amide bonds. The number of hydrogen-bond acceptors (Lipinski definition) is 4. The zero-order chi connectivity index (χ0) is 24.5. The van der Waals surface area contributed by atoms with Gasteiger partial charge in [0, 0.05) is 23.9 Å². The van der Waals surface area contributed by atoms with E-state index in [-0.39, 0.29) is 11.5 Å². The van der Waals surface area contributed by atoms with Gasteiger partial charge in [0.25, 0.3) is 0 Å². The molecule has 0 saturated heterocycles. The summed E-state index contributed by atoms with van der Waals surface area (Å²) < 4.78 is 5.78. The highest BCUT2D eigenvalue weighted by atomic mass is 16.5. The van der Waals surface area contributed by atoms with Crippen molar-refractivity contribution in [2.75, 3.05) is 13.2 Å². The molecule has 0 spiro atoms. The Morgan fingerprint density at radius 3 is 2.49 bits per heavy atom. The number of phenolic OH excluding ortho intramolecular Hbond substituents is 1. The molecule has 0 atom stereocenters. The van der Waals surface area contributed by atoms with Crippen LogP contribution in [0.2, 0.25) is 0 Å². The number of carbonyl (C=O) groups is 1. The van der Waals surface area contributed by atoms with Gasteiger partial charge in [0.05, 0.1) is 0 Å². The first-order valence-electron chi connectivity index (χ1n) is 12.5. The molecular weight excluding hydrogens is 434 g/mol. The van der Waals surface area contributed by atoms with Crippen molar-refractivity contribution < 1.29 is 14.6 Å². The summed E-state index contributed by atoms with van der Waals surface area (Å²) in [4.78, 5) is 18.2. The average Bonchev–Trinajstić information content (AvgIpc) is 2.90. The minimum atomic E-state index is 0.000386. The van der Waals surface area contributed by atoms with Gasteiger partial charge >= 0.3 is 0 Å². The summed E-state index contributed by atoms with van der Waals surface area (Å²) in [6.07, 6.45) is 8.31. The predicted octanol–water partition coefficient (Wildman–Crippen LogP) is 7.16. The van der Waals surface area contributed by atoms with E-state index in [4.69, 9.17) is 4.74 Å². The van der Waals surface area contributed by atoms with Crippen LogP contribution < -0.4 is 4.74 Å². The Morgan fingerprint density at radius 2 is 1.71 bits per heavy atom. The van der Waals surface area contributed by atoms with Crippen LogP contribution in [0.25, 0.3) is 11.1 Å². The van der Waals surface area contributed by atoms with E-state index in [1.807, 2.05) is 60.8 Å². The molecule has 0 fully saturated rings. The second kappa shape index (κ2) is 12.2. The second-order valence-corrected chi connectivity index (χ2v) is 8.87. The normalized spacial score (nSPS) is 13.2. The number of Topliss-reactive ketones (excluding diaryl/α,β-unsaturated/α-hetero) is 1. The van der Waals surface area contributed by atoms with Crippen LogP contribution in [0.5, 0.6) is 11.5 Å². The molecular formula is C31H33NO3. The number of ketones is 1. The number of hydrogen-bond donors (Lipinski definition) is 1. The fraction of sp³-hybridized carbons (Fsp3) is 0.290. The van der Waals surface area contributed by atoms with Crippen LogP contribution in [0, 0.1) is 0 Å². The summed E-state index contributed by atoms with van der Waals surface area (Å²) in [5.41, 5.74) is 5.53. The molecule has 0 saturated carbocycles. The zero-order valence-corrected chi connectivity index (χ0v) is 20.4. The van der Waals surface area contributed by atoms with Crippen molar-refractivity contribution in [2.24, 2.45) is 4.99 Å². The monoisotopic (exact) mass is 467 g/mol. The number of carbonyl (C=O) groups excluding carboxylic acids is 1. The number of ether oxygens (including phenoxy) is 1. The Balaban J connectivity index is 1.50. The van der Waals surface area contributed by atoms with Crippen molar-refractivity contribution in [2.45, 2.75) is 45.4 Å². The smallest absolute Gasteiger partial charge is 0.193 e. The number of rotatable bonds is 11. The molecule has 3 aromatic rings. The molecule has 0 aliphatic heterocycles. The Morgan fingerprint density at radius 1 is 0.943 bits per heavy atom. The lowest BCUT2D eigenvalue weighted by Crippen LogP contribution is -2.12. The molecule has 0 radical (unpaired) electrons. The molecule has 1 aliphatic carbocycles. The lowest BCUT2D eigenvalue weighted by molar-refractivity contribution is 0.105. The van der Waals surface area contributed by atoms with Gasteiger partial charge in [-0.2, -0.15) is 0 Å². The quantitative estimate of drug-likeness (QED) is 0.185. The molecule has 0 bridgehead atoms. The third-order valence-corrected chi connectivity index (χ3v) is 6.39. The minimum Gasteiger partial charge on any atom is -0.508 e. The van der Waals surface area contributed by atoms with Gasteiger partial charge in [-0.15, -0.1) is 0 Å². The van der Waals surface area contributed by atoms with Crippen molar-refractivity contribution >= 4 is 23.1 Å². The highest BCUT2D eigenvalue weighted by molar-refractivity contribution is 6.35. The Labute approximate surface area is 208 Å². The maximum Gasteiger partial charge on any atom is 0.193 e. The Hall–Kier alpha value is -3.66. The van der Waals surface area contributed by atoms with Gasteiger partial charge in [0.1, 0.15) is 18.1 Å². The molecule has 4 rings (SSSR count). The van der Waals surface area contributed by atoms with E-state index in [2.05, 4.69) is 18.0 Å². The third-order valence-electron chi connectivity index (χ3n) is 6.39. The third kappa shape index (κ3) is 6.27. The maximum atomic E-state index is 13.8. The van der Waals surface area contributed by atoms with Crippen LogP contribution in [-0.2, 0) is 6.42 Å². The van der Waals surface area contributed by atoms with Crippen LogP contribution in [-0.4, -0.2) is 30.3 Å². The van der Waals surface area contributed by atoms with E-state index in [1.54, 1.807) is 12.1 Å². The summed E-state index contributed by atoms with van der Waals surface area (Å²) in [7, 11) is 0. The summed E-state index contributed by atoms with van der Waals surface area (Å²) in [6, 6.07) is 22.6. The minimum absolute atomic E-state index is 0.000386. The first-order chi connectivity index (χ1) is 17.2. The van der Waals surface area contributed by atoms with E-state index in [0.717, 1.165) is 53.8 Å². The molecule has 35 heavy (non-hydrogen) atoms. The lowest BCUT2D eigenvalue weighted by Gasteiger charge is -2.23. The zero-order valence-electron chi connectivity index (χ0n) is 20.4. The van der Waals surface area contributed by atoms with Gasteiger partial charge in [0.2, 0.25) is 0 Å². The van der Waals surface area contributed by atoms with Crippen LogP contribution in [0.4, 0.5) is 0 Å². The molecule has 0 unspecified atom stereocenters. The highest BCUT2D eigenvalue weighted by Gasteiger charge is 2.25. The van der Waals surface area contributed by atoms with Gasteiger partial charge in [-0.05, 0) is 77.9 Å². The molecule has 3 aromatic carbocycles. The van der Waals surface area contributed by atoms with Gasteiger partial charge in [0.15, 0.2) is 5.78 Å². The van der Waals surface area contributed by atoms with Crippen molar-refractivity contribution in [3.05, 3.63) is 95.1 Å². The molecule has 4 nitrogen and oxygen atoms in total. The van der Waals surface area contributed by atoms with Gasteiger partial charge < -0.3 is 9.84 Å². The molecule has 0 aromatic heterocycles. The maximum absolute atomic E-state index is 13.8.